The fourth-order valence-electron chi connectivity index (χ4n) is 2.64. The monoisotopic (exact) mass is 467 g/mol. The number of ether oxygens (including phenoxy) is 4. The zero-order valence-corrected chi connectivity index (χ0v) is 19.6. The molecule has 0 saturated heterocycles. The normalized spacial score (nSPS) is 11.2. The van der Waals surface area contributed by atoms with E-state index in [1.165, 1.54) is 54.8 Å². The molecule has 0 bridgehead atoms. The lowest BCUT2D eigenvalue weighted by Crippen LogP contribution is -2.08. The summed E-state index contributed by atoms with van der Waals surface area (Å²) in [5, 5.41) is 2.68. The molecule has 10 nitrogen and oxygen atoms in total. The van der Waals surface area contributed by atoms with Gasteiger partial charge in [0.05, 0.1) is 34.0 Å². The molecule has 0 fully saturated rings. The number of carbonyl (C=O) groups excluding carboxylic acids is 1. The van der Waals surface area contributed by atoms with Crippen molar-refractivity contribution in [3.05, 3.63) is 42.0 Å². The minimum Gasteiger partial charge on any atom is -0.496 e. The van der Waals surface area contributed by atoms with E-state index in [4.69, 9.17) is 32.5 Å². The lowest BCUT2D eigenvalue weighted by atomic mass is 10.1. The molecule has 2 aromatic carbocycles. The standard InChI is InChI=1S/C21H26NO9P/c1-25-15-12-18(27-3)16(19(13-15)28-4)8-10-21(23)22-14-7-9-17(26-2)20(11-14)31-32(24,29-5)30-6/h7-13H,1-6H3,(H,22,23)/b10-8+. The molecule has 0 aliphatic carbocycles. The van der Waals surface area contributed by atoms with E-state index in [0.29, 0.717) is 28.5 Å². The Morgan fingerprint density at radius 3 is 1.91 bits per heavy atom. The van der Waals surface area contributed by atoms with Crippen LogP contribution in [0.2, 0.25) is 0 Å². The molecular formula is C21H26NO9P. The molecule has 0 heterocycles. The molecule has 32 heavy (non-hydrogen) atoms. The Labute approximate surface area is 186 Å². The third-order valence-corrected chi connectivity index (χ3v) is 5.56. The highest BCUT2D eigenvalue weighted by atomic mass is 31.2. The lowest BCUT2D eigenvalue weighted by Gasteiger charge is -2.17. The van der Waals surface area contributed by atoms with Crippen molar-refractivity contribution in [1.29, 1.82) is 0 Å². The SMILES string of the molecule is COc1cc(OC)c(/C=C/C(=O)Nc2ccc(OC)c(OP(=O)(OC)OC)c2)c(OC)c1. The topological polar surface area (TPSA) is 111 Å². The highest BCUT2D eigenvalue weighted by Crippen LogP contribution is 2.50. The third-order valence-electron chi connectivity index (χ3n) is 4.24. The number of hydrogen-bond acceptors (Lipinski definition) is 9. The van der Waals surface area contributed by atoms with E-state index in [0.717, 1.165) is 0 Å². The number of rotatable bonds is 11. The van der Waals surface area contributed by atoms with Crippen molar-refractivity contribution in [2.24, 2.45) is 0 Å². The van der Waals surface area contributed by atoms with Crippen molar-refractivity contribution in [3.8, 4) is 28.7 Å². The molecule has 0 aliphatic heterocycles. The molecule has 0 radical (unpaired) electrons. The van der Waals surface area contributed by atoms with Gasteiger partial charge in [0.2, 0.25) is 5.91 Å². The maximum atomic E-state index is 12.5. The summed E-state index contributed by atoms with van der Waals surface area (Å²) in [4.78, 5) is 12.5. The van der Waals surface area contributed by atoms with Gasteiger partial charge >= 0.3 is 7.82 Å². The van der Waals surface area contributed by atoms with Gasteiger partial charge in [0, 0.05) is 44.2 Å². The van der Waals surface area contributed by atoms with Crippen LogP contribution in [0.1, 0.15) is 5.56 Å². The van der Waals surface area contributed by atoms with Crippen LogP contribution in [0.15, 0.2) is 36.4 Å². The highest BCUT2D eigenvalue weighted by molar-refractivity contribution is 7.48. The second-order valence-corrected chi connectivity index (χ2v) is 7.84. The molecule has 0 aliphatic rings. The highest BCUT2D eigenvalue weighted by Gasteiger charge is 2.26. The van der Waals surface area contributed by atoms with Crippen molar-refractivity contribution < 1.29 is 41.9 Å². The van der Waals surface area contributed by atoms with Crippen LogP contribution in [0.25, 0.3) is 6.08 Å². The summed E-state index contributed by atoms with van der Waals surface area (Å²) in [5.74, 6) is 1.40. The molecule has 2 rings (SSSR count). The zero-order valence-electron chi connectivity index (χ0n) is 18.7. The first kappa shape index (κ1) is 25.1. The lowest BCUT2D eigenvalue weighted by molar-refractivity contribution is -0.111. The number of phosphoric acid groups is 1. The summed E-state index contributed by atoms with van der Waals surface area (Å²) in [6.07, 6.45) is 2.87. The van der Waals surface area contributed by atoms with Crippen molar-refractivity contribution in [3.63, 3.8) is 0 Å². The summed E-state index contributed by atoms with van der Waals surface area (Å²) in [5.41, 5.74) is 0.925. The number of carbonyl (C=O) groups is 1. The number of benzene rings is 2. The van der Waals surface area contributed by atoms with Crippen LogP contribution < -0.4 is 28.8 Å². The van der Waals surface area contributed by atoms with E-state index in [2.05, 4.69) is 5.32 Å². The van der Waals surface area contributed by atoms with Crippen LogP contribution >= 0.6 is 7.82 Å². The van der Waals surface area contributed by atoms with Gasteiger partial charge in [-0.2, -0.15) is 0 Å². The van der Waals surface area contributed by atoms with Gasteiger partial charge in [0.15, 0.2) is 11.5 Å². The fourth-order valence-corrected chi connectivity index (χ4v) is 3.32. The Kier molecular flexibility index (Phi) is 8.95. The van der Waals surface area contributed by atoms with Crippen LogP contribution in [-0.4, -0.2) is 48.6 Å². The number of anilines is 1. The zero-order chi connectivity index (χ0) is 23.7. The van der Waals surface area contributed by atoms with E-state index in [-0.39, 0.29) is 11.5 Å². The average Bonchev–Trinajstić information content (AvgIpc) is 2.82. The van der Waals surface area contributed by atoms with Gasteiger partial charge in [0.1, 0.15) is 17.2 Å². The first-order chi connectivity index (χ1) is 15.3. The molecule has 174 valence electrons. The summed E-state index contributed by atoms with van der Waals surface area (Å²) in [6.45, 7) is 0. The van der Waals surface area contributed by atoms with Crippen molar-refractivity contribution in [2.45, 2.75) is 0 Å². The van der Waals surface area contributed by atoms with Crippen LogP contribution in [-0.2, 0) is 18.4 Å². The van der Waals surface area contributed by atoms with Crippen LogP contribution in [0.4, 0.5) is 5.69 Å². The molecule has 0 saturated carbocycles. The van der Waals surface area contributed by atoms with Crippen LogP contribution in [0.5, 0.6) is 28.7 Å². The third kappa shape index (κ3) is 6.16. The minimum atomic E-state index is -3.82. The molecule has 0 aromatic heterocycles. The smallest absolute Gasteiger partial charge is 0.496 e. The molecule has 2 aromatic rings. The van der Waals surface area contributed by atoms with Gasteiger partial charge in [-0.15, -0.1) is 0 Å². The van der Waals surface area contributed by atoms with Gasteiger partial charge < -0.3 is 28.8 Å². The Bertz CT molecular complexity index is 989. The summed E-state index contributed by atoms with van der Waals surface area (Å²) < 4.78 is 48.3. The number of nitrogens with one attached hydrogen (secondary N) is 1. The van der Waals surface area contributed by atoms with Gasteiger partial charge in [-0.05, 0) is 18.2 Å². The molecule has 1 N–H and O–H groups in total. The van der Waals surface area contributed by atoms with Gasteiger partial charge in [-0.3, -0.25) is 13.8 Å². The Morgan fingerprint density at radius 1 is 0.812 bits per heavy atom. The van der Waals surface area contributed by atoms with E-state index < -0.39 is 13.7 Å². The number of hydrogen-bond donors (Lipinski definition) is 1. The Hall–Kier alpha value is -3.20. The van der Waals surface area contributed by atoms with Crippen LogP contribution in [0.3, 0.4) is 0 Å². The van der Waals surface area contributed by atoms with E-state index in [1.807, 2.05) is 0 Å². The second-order valence-electron chi connectivity index (χ2n) is 6.04. The summed E-state index contributed by atoms with van der Waals surface area (Å²) in [6, 6.07) is 7.92. The number of amides is 1. The van der Waals surface area contributed by atoms with Gasteiger partial charge in [-0.25, -0.2) is 4.57 Å². The summed E-state index contributed by atoms with van der Waals surface area (Å²) >= 11 is 0. The van der Waals surface area contributed by atoms with Gasteiger partial charge in [-0.1, -0.05) is 0 Å². The second kappa shape index (κ2) is 11.4. The quantitative estimate of drug-likeness (QED) is 0.385. The predicted octanol–water partition coefficient (Wildman–Crippen LogP) is 4.15. The largest absolute Gasteiger partial charge is 0.529 e. The van der Waals surface area contributed by atoms with E-state index in [9.17, 15) is 9.36 Å². The molecule has 0 atom stereocenters. The molecule has 1 amide bonds. The maximum Gasteiger partial charge on any atom is 0.529 e. The van der Waals surface area contributed by atoms with Gasteiger partial charge in [0.25, 0.3) is 0 Å². The van der Waals surface area contributed by atoms with Crippen LogP contribution in [0, 0.1) is 0 Å². The molecule has 11 heteroatoms. The first-order valence-corrected chi connectivity index (χ1v) is 10.7. The summed E-state index contributed by atoms with van der Waals surface area (Å²) in [7, 11) is 4.52. The van der Waals surface area contributed by atoms with Crippen molar-refractivity contribution in [2.75, 3.05) is 48.0 Å². The first-order valence-electron chi connectivity index (χ1n) is 9.21. The number of methoxy groups -OCH3 is 4. The Balaban J connectivity index is 2.26. The minimum absolute atomic E-state index is 0.0693. The maximum absolute atomic E-state index is 12.5. The van der Waals surface area contributed by atoms with Crippen molar-refractivity contribution >= 4 is 25.5 Å². The molecular weight excluding hydrogens is 441 g/mol. The van der Waals surface area contributed by atoms with E-state index >= 15 is 0 Å². The average molecular weight is 467 g/mol. The fraction of sp³-hybridized carbons (Fsp3) is 0.286. The van der Waals surface area contributed by atoms with E-state index in [1.54, 1.807) is 30.3 Å². The molecule has 0 spiro atoms. The van der Waals surface area contributed by atoms with Crippen molar-refractivity contribution in [1.82, 2.24) is 0 Å². The predicted molar refractivity (Wildman–Crippen MR) is 119 cm³/mol. The molecule has 0 unspecified atom stereocenters. The number of phosphoric ester groups is 1. The Morgan fingerprint density at radius 2 is 1.41 bits per heavy atom.